The topological polar surface area (TPSA) is 79.5 Å². The van der Waals surface area contributed by atoms with Crippen LogP contribution in [0.5, 0.6) is 0 Å². The number of likely N-dealkylation sites (tertiary alicyclic amines) is 1. The van der Waals surface area contributed by atoms with Gasteiger partial charge in [-0.25, -0.2) is 15.0 Å². The Bertz CT molecular complexity index is 818. The number of aryl methyl sites for hydroxylation is 1. The van der Waals surface area contributed by atoms with E-state index in [9.17, 15) is 5.11 Å². The molecule has 0 radical (unpaired) electrons. The first kappa shape index (κ1) is 19.0. The number of hydrogen-bond donors (Lipinski definition) is 1. The largest absolute Gasteiger partial charge is 0.381 e. The van der Waals surface area contributed by atoms with Gasteiger partial charge in [0.1, 0.15) is 11.4 Å². The summed E-state index contributed by atoms with van der Waals surface area (Å²) >= 11 is 0. The van der Waals surface area contributed by atoms with Crippen molar-refractivity contribution in [3.05, 3.63) is 36.2 Å². The van der Waals surface area contributed by atoms with Gasteiger partial charge in [-0.15, -0.1) is 0 Å². The Hall–Kier alpha value is -2.03. The third kappa shape index (κ3) is 3.43. The van der Waals surface area contributed by atoms with E-state index in [1.165, 1.54) is 6.42 Å². The number of nitrogens with zero attached hydrogens (tertiary/aromatic N) is 6. The van der Waals surface area contributed by atoms with Gasteiger partial charge in [-0.2, -0.15) is 0 Å². The van der Waals surface area contributed by atoms with Crippen LogP contribution in [0.3, 0.4) is 0 Å². The molecule has 156 valence electrons. The zero-order valence-electron chi connectivity index (χ0n) is 17.1. The van der Waals surface area contributed by atoms with E-state index in [1.54, 1.807) is 6.20 Å². The van der Waals surface area contributed by atoms with E-state index in [-0.39, 0.29) is 11.8 Å². The monoisotopic (exact) mass is 398 g/mol. The molecule has 2 aliphatic heterocycles. The molecule has 1 N–H and O–H groups in total. The van der Waals surface area contributed by atoms with Crippen LogP contribution in [0.15, 0.2) is 24.8 Å². The highest BCUT2D eigenvalue weighted by Gasteiger charge is 2.53. The van der Waals surface area contributed by atoms with Gasteiger partial charge in [0, 0.05) is 82.0 Å². The second-order valence-electron chi connectivity index (χ2n) is 8.70. The van der Waals surface area contributed by atoms with Gasteiger partial charge in [0.15, 0.2) is 0 Å². The van der Waals surface area contributed by atoms with E-state index < -0.39 is 5.60 Å². The lowest BCUT2D eigenvalue weighted by Gasteiger charge is -2.52. The van der Waals surface area contributed by atoms with Crippen LogP contribution in [0.25, 0.3) is 0 Å². The van der Waals surface area contributed by atoms with Gasteiger partial charge in [-0.3, -0.25) is 4.90 Å². The Morgan fingerprint density at radius 1 is 1.10 bits per heavy atom. The molecule has 3 fully saturated rings. The average Bonchev–Trinajstić information content (AvgIpc) is 3.17. The molecule has 1 saturated carbocycles. The van der Waals surface area contributed by atoms with Crippen molar-refractivity contribution in [3.8, 4) is 0 Å². The number of fused-ring (bicyclic) bond motifs is 2. The maximum atomic E-state index is 11.7. The number of aromatic nitrogens is 4. The SMILES string of the molecule is Cn1ccnc1C1(O)[C@@H]2CCC[C@@H]1CN(Cc1cnc(N3CCOCC3)nc1)C2. The van der Waals surface area contributed by atoms with Gasteiger partial charge < -0.3 is 19.3 Å². The van der Waals surface area contributed by atoms with Crippen LogP contribution in [0.2, 0.25) is 0 Å². The molecule has 5 rings (SSSR count). The molecule has 2 atom stereocenters. The number of aliphatic hydroxyl groups is 1. The molecular weight excluding hydrogens is 368 g/mol. The summed E-state index contributed by atoms with van der Waals surface area (Å²) in [5.41, 5.74) is 0.312. The van der Waals surface area contributed by atoms with Crippen LogP contribution in [0, 0.1) is 11.8 Å². The molecule has 0 aromatic carbocycles. The molecule has 3 aliphatic rings. The minimum atomic E-state index is -0.816. The van der Waals surface area contributed by atoms with E-state index in [0.29, 0.717) is 0 Å². The fraction of sp³-hybridized carbons (Fsp3) is 0.667. The minimum Gasteiger partial charge on any atom is -0.381 e. The summed E-state index contributed by atoms with van der Waals surface area (Å²) in [5, 5.41) is 11.7. The highest BCUT2D eigenvalue weighted by molar-refractivity contribution is 5.30. The summed E-state index contributed by atoms with van der Waals surface area (Å²) in [6.45, 7) is 5.76. The molecule has 0 unspecified atom stereocenters. The third-order valence-corrected chi connectivity index (χ3v) is 6.88. The quantitative estimate of drug-likeness (QED) is 0.828. The Morgan fingerprint density at radius 2 is 1.79 bits per heavy atom. The molecule has 4 heterocycles. The van der Waals surface area contributed by atoms with Crippen LogP contribution >= 0.6 is 0 Å². The van der Waals surface area contributed by atoms with Crippen molar-refractivity contribution in [1.29, 1.82) is 0 Å². The molecule has 2 aromatic rings. The normalized spacial score (nSPS) is 30.5. The highest BCUT2D eigenvalue weighted by Crippen LogP contribution is 2.48. The van der Waals surface area contributed by atoms with Crippen LogP contribution in [-0.2, 0) is 23.9 Å². The van der Waals surface area contributed by atoms with Gasteiger partial charge in [-0.05, 0) is 12.8 Å². The van der Waals surface area contributed by atoms with Crippen molar-refractivity contribution in [2.24, 2.45) is 18.9 Å². The fourth-order valence-corrected chi connectivity index (χ4v) is 5.40. The van der Waals surface area contributed by atoms with Crippen molar-refractivity contribution in [2.45, 2.75) is 31.4 Å². The molecule has 8 nitrogen and oxygen atoms in total. The zero-order chi connectivity index (χ0) is 19.8. The molecule has 2 aromatic heterocycles. The van der Waals surface area contributed by atoms with Gasteiger partial charge in [-0.1, -0.05) is 6.42 Å². The number of imidazole rings is 1. The Morgan fingerprint density at radius 3 is 2.41 bits per heavy atom. The van der Waals surface area contributed by atoms with Crippen molar-refractivity contribution < 1.29 is 9.84 Å². The molecule has 0 amide bonds. The Balaban J connectivity index is 1.29. The van der Waals surface area contributed by atoms with E-state index in [2.05, 4.69) is 24.8 Å². The zero-order valence-corrected chi connectivity index (χ0v) is 17.1. The van der Waals surface area contributed by atoms with E-state index >= 15 is 0 Å². The second-order valence-corrected chi connectivity index (χ2v) is 8.70. The Labute approximate surface area is 171 Å². The van der Waals surface area contributed by atoms with Crippen LogP contribution in [-0.4, -0.2) is 68.9 Å². The molecule has 2 bridgehead atoms. The van der Waals surface area contributed by atoms with E-state index in [0.717, 1.165) is 76.1 Å². The first-order chi connectivity index (χ1) is 14.1. The summed E-state index contributed by atoms with van der Waals surface area (Å²) in [6, 6.07) is 0. The third-order valence-electron chi connectivity index (χ3n) is 6.88. The van der Waals surface area contributed by atoms with E-state index in [1.807, 2.05) is 30.2 Å². The van der Waals surface area contributed by atoms with E-state index in [4.69, 9.17) is 4.74 Å². The molecule has 0 spiro atoms. The summed E-state index contributed by atoms with van der Waals surface area (Å²) in [6.07, 6.45) is 10.9. The van der Waals surface area contributed by atoms with Crippen molar-refractivity contribution in [2.75, 3.05) is 44.3 Å². The average molecular weight is 399 g/mol. The first-order valence-electron chi connectivity index (χ1n) is 10.7. The summed E-state index contributed by atoms with van der Waals surface area (Å²) in [5.74, 6) is 2.04. The molecule has 8 heteroatoms. The first-order valence-corrected chi connectivity index (χ1v) is 10.7. The predicted molar refractivity (Wildman–Crippen MR) is 108 cm³/mol. The van der Waals surface area contributed by atoms with Crippen molar-refractivity contribution in [3.63, 3.8) is 0 Å². The fourth-order valence-electron chi connectivity index (χ4n) is 5.40. The second kappa shape index (κ2) is 7.66. The highest BCUT2D eigenvalue weighted by atomic mass is 16.5. The summed E-state index contributed by atoms with van der Waals surface area (Å²) < 4.78 is 7.39. The lowest BCUT2D eigenvalue weighted by atomic mass is 9.65. The summed E-state index contributed by atoms with van der Waals surface area (Å²) in [4.78, 5) is 18.3. The molecular formula is C21H30N6O2. The standard InChI is InChI=1S/C21H30N6O2/c1-25-6-5-22-19(25)21(28)17-3-2-4-18(21)15-26(14-17)13-16-11-23-20(24-12-16)27-7-9-29-10-8-27/h5-6,11-12,17-18,28H,2-4,7-10,13-15H2,1H3/t17-,18-/m1/s1. The summed E-state index contributed by atoms with van der Waals surface area (Å²) in [7, 11) is 1.98. The molecule has 1 aliphatic carbocycles. The Kier molecular flexibility index (Phi) is 5.01. The number of morpholine rings is 1. The predicted octanol–water partition coefficient (Wildman–Crippen LogP) is 1.17. The lowest BCUT2D eigenvalue weighted by Crippen LogP contribution is -2.58. The molecule has 2 saturated heterocycles. The van der Waals surface area contributed by atoms with Crippen molar-refractivity contribution >= 4 is 5.95 Å². The van der Waals surface area contributed by atoms with Crippen LogP contribution in [0.1, 0.15) is 30.7 Å². The van der Waals surface area contributed by atoms with Crippen LogP contribution < -0.4 is 4.90 Å². The molecule has 29 heavy (non-hydrogen) atoms. The number of hydrogen-bond acceptors (Lipinski definition) is 7. The van der Waals surface area contributed by atoms with Crippen molar-refractivity contribution in [1.82, 2.24) is 24.4 Å². The van der Waals surface area contributed by atoms with Gasteiger partial charge in [0.2, 0.25) is 5.95 Å². The van der Waals surface area contributed by atoms with Gasteiger partial charge >= 0.3 is 0 Å². The van der Waals surface area contributed by atoms with Gasteiger partial charge in [0.05, 0.1) is 13.2 Å². The maximum Gasteiger partial charge on any atom is 0.225 e. The maximum absolute atomic E-state index is 11.7. The number of piperidine rings is 1. The van der Waals surface area contributed by atoms with Crippen LogP contribution in [0.4, 0.5) is 5.95 Å². The lowest BCUT2D eigenvalue weighted by molar-refractivity contribution is -0.155. The minimum absolute atomic E-state index is 0.213. The number of ether oxygens (including phenoxy) is 1. The van der Waals surface area contributed by atoms with Gasteiger partial charge in [0.25, 0.3) is 0 Å². The number of rotatable bonds is 4. The smallest absolute Gasteiger partial charge is 0.225 e. The number of anilines is 1.